The maximum absolute atomic E-state index is 12.3. The number of nitrogens with zero attached hydrogens (tertiary/aromatic N) is 4. The first-order chi connectivity index (χ1) is 22.1. The van der Waals surface area contributed by atoms with Crippen LogP contribution < -0.4 is 15.3 Å². The number of carboxylic acid groups (broad SMARTS) is 4. The monoisotopic (exact) mass is 667 g/mol. The second-order valence-electron chi connectivity index (χ2n) is 11.1. The summed E-state index contributed by atoms with van der Waals surface area (Å²) >= 11 is 0. The Morgan fingerprint density at radius 3 is 1.89 bits per heavy atom. The van der Waals surface area contributed by atoms with Crippen LogP contribution in [0.2, 0.25) is 0 Å². The molecule has 5 atom stereocenters. The van der Waals surface area contributed by atoms with Crippen molar-refractivity contribution in [1.82, 2.24) is 18.3 Å². The molecule has 0 aliphatic carbocycles. The number of carboxylic acids is 4. The highest BCUT2D eigenvalue weighted by Gasteiger charge is 2.46. The third-order valence-electron chi connectivity index (χ3n) is 7.95. The van der Waals surface area contributed by atoms with Gasteiger partial charge in [0.1, 0.15) is 43.3 Å². The molecule has 11 N–H and O–H groups in total. The molecule has 256 valence electrons. The number of carbonyl (C=O) groups is 4. The highest BCUT2D eigenvalue weighted by atomic mass is 16.4. The Morgan fingerprint density at radius 2 is 1.36 bits per heavy atom. The van der Waals surface area contributed by atoms with Gasteiger partial charge in [-0.05, 0) is 12.1 Å². The number of aliphatic hydroxyl groups is 7. The Morgan fingerprint density at radius 1 is 0.766 bits per heavy atom. The predicted octanol–water partition coefficient (Wildman–Crippen LogP) is -5.58. The van der Waals surface area contributed by atoms with E-state index in [4.69, 9.17) is 0 Å². The Kier molecular flexibility index (Phi) is 10.5. The summed E-state index contributed by atoms with van der Waals surface area (Å²) in [4.78, 5) is 48.4. The molecule has 1 aliphatic heterocycles. The first kappa shape index (κ1) is 35.2. The van der Waals surface area contributed by atoms with Crippen LogP contribution in [0.3, 0.4) is 0 Å². The molecule has 0 fully saturated rings. The van der Waals surface area contributed by atoms with Crippen molar-refractivity contribution in [2.75, 3.05) is 19.8 Å². The van der Waals surface area contributed by atoms with E-state index in [-0.39, 0.29) is 50.8 Å². The number of aliphatic carboxylic acids is 4. The van der Waals surface area contributed by atoms with Crippen LogP contribution in [-0.2, 0) is 51.8 Å². The van der Waals surface area contributed by atoms with E-state index in [9.17, 15) is 75.3 Å². The molecule has 3 aromatic heterocycles. The van der Waals surface area contributed by atoms with Gasteiger partial charge in [-0.25, -0.2) is 9.37 Å². The van der Waals surface area contributed by atoms with Crippen LogP contribution in [0, 0.1) is 0 Å². The normalized spacial score (nSPS) is 16.9. The Bertz CT molecular complexity index is 1840. The Hall–Kier alpha value is -4.63. The molecule has 0 aromatic carbocycles. The van der Waals surface area contributed by atoms with Gasteiger partial charge in [0.05, 0.1) is 53.9 Å². The molecule has 19 heteroatoms. The van der Waals surface area contributed by atoms with Gasteiger partial charge in [0.25, 0.3) is 0 Å². The van der Waals surface area contributed by atoms with Gasteiger partial charge < -0.3 is 69.9 Å². The van der Waals surface area contributed by atoms with E-state index in [2.05, 4.69) is 0 Å². The van der Waals surface area contributed by atoms with Gasteiger partial charge in [-0.15, -0.1) is 0 Å². The molecule has 47 heavy (non-hydrogen) atoms. The maximum Gasteiger partial charge on any atom is 0.369 e. The van der Waals surface area contributed by atoms with Crippen LogP contribution in [0.4, 0.5) is 0 Å². The molecule has 0 radical (unpaired) electrons. The van der Waals surface area contributed by atoms with Gasteiger partial charge in [0.2, 0.25) is 17.9 Å². The number of fused-ring (bicyclic) bond motifs is 4. The number of hydrogen-bond acceptors (Lipinski definition) is 11. The summed E-state index contributed by atoms with van der Waals surface area (Å²) in [6, 6.07) is 0.802. The molecule has 4 rings (SSSR count). The third-order valence-corrected chi connectivity index (χ3v) is 7.95. The Labute approximate surface area is 263 Å². The summed E-state index contributed by atoms with van der Waals surface area (Å²) in [6.07, 6.45) is -6.77. The van der Waals surface area contributed by atoms with Gasteiger partial charge in [-0.3, -0.25) is 14.4 Å². The van der Waals surface area contributed by atoms with Crippen molar-refractivity contribution >= 4 is 41.0 Å². The SMILES string of the molecule is O=C(O)Cn1c(CO)cc2c1=Cc1c(c3c(cc(CC(O)CO)n3CC(=O)O)n1CC(=O)O)[C@H](C(O)C(O)C(O)CO)[N+]=2CC(=O)O. The standard InChI is InChI=1S/C28H34N4O15/c33-9-13-3-15-16(29(13)5-20(38)39)4-17-24(26(32(15)8-23(44)45)28(47)27(46)19(37)11-35)25-18(31(17)7-22(42)43)2-12(1-14(36)10-34)30(25)6-21(40)41/h2-4,14,19,26-28,33-37,46-47H,1,5-11H2,(H3-,38,39,40,41,42,43,44,45)/p+1/t14?,19?,26-,27?,28?/m1/s1. The van der Waals surface area contributed by atoms with Crippen LogP contribution in [0.25, 0.3) is 17.1 Å². The summed E-state index contributed by atoms with van der Waals surface area (Å²) in [5, 5.41) is 112. The van der Waals surface area contributed by atoms with Crippen LogP contribution in [-0.4, -0.2) is 138 Å². The van der Waals surface area contributed by atoms with Gasteiger partial charge in [0.15, 0.2) is 0 Å². The van der Waals surface area contributed by atoms with Crippen molar-refractivity contribution in [2.24, 2.45) is 0 Å². The van der Waals surface area contributed by atoms with E-state index in [0.717, 1.165) is 13.7 Å². The summed E-state index contributed by atoms with van der Waals surface area (Å²) < 4.78 is 4.44. The van der Waals surface area contributed by atoms with Crippen LogP contribution in [0.5, 0.6) is 0 Å². The lowest BCUT2D eigenvalue weighted by Crippen LogP contribution is -2.52. The van der Waals surface area contributed by atoms with Gasteiger partial charge >= 0.3 is 23.9 Å². The van der Waals surface area contributed by atoms with Crippen LogP contribution in [0.15, 0.2) is 12.1 Å². The van der Waals surface area contributed by atoms with Crippen molar-refractivity contribution < 1.29 is 75.3 Å². The highest BCUT2D eigenvalue weighted by molar-refractivity contribution is 5.90. The first-order valence-electron chi connectivity index (χ1n) is 14.1. The van der Waals surface area contributed by atoms with Gasteiger partial charge in [-0.2, -0.15) is 0 Å². The molecule has 0 spiro atoms. The smallest absolute Gasteiger partial charge is 0.369 e. The predicted molar refractivity (Wildman–Crippen MR) is 154 cm³/mol. The molecular formula is C28H35N4O15+. The summed E-state index contributed by atoms with van der Waals surface area (Å²) in [5.41, 5.74) is -0.232. The fourth-order valence-corrected chi connectivity index (χ4v) is 6.09. The zero-order valence-electron chi connectivity index (χ0n) is 24.6. The average molecular weight is 668 g/mol. The van der Waals surface area contributed by atoms with E-state index in [0.29, 0.717) is 0 Å². The molecule has 3 aromatic rings. The topological polar surface area (TPSA) is 309 Å². The number of aromatic nitrogens is 3. The Balaban J connectivity index is 2.32. The quantitative estimate of drug-likeness (QED) is 0.0635. The second kappa shape index (κ2) is 14.0. The molecule has 4 unspecified atom stereocenters. The minimum Gasteiger partial charge on any atom is -0.480 e. The average Bonchev–Trinajstić information content (AvgIpc) is 3.57. The largest absolute Gasteiger partial charge is 0.480 e. The van der Waals surface area contributed by atoms with E-state index in [1.807, 2.05) is 0 Å². The summed E-state index contributed by atoms with van der Waals surface area (Å²) in [7, 11) is 0. The van der Waals surface area contributed by atoms with Crippen molar-refractivity contribution in [2.45, 2.75) is 63.1 Å². The van der Waals surface area contributed by atoms with E-state index in [1.54, 1.807) is 0 Å². The molecule has 4 heterocycles. The minimum atomic E-state index is -2.18. The van der Waals surface area contributed by atoms with Crippen LogP contribution >= 0.6 is 0 Å². The molecule has 1 aliphatic rings. The fourth-order valence-electron chi connectivity index (χ4n) is 6.09. The minimum absolute atomic E-state index is 0.0156. The van der Waals surface area contributed by atoms with E-state index in [1.165, 1.54) is 22.8 Å². The maximum atomic E-state index is 12.3. The number of aliphatic hydroxyl groups excluding tert-OH is 7. The lowest BCUT2D eigenvalue weighted by atomic mass is 9.93. The molecule has 19 nitrogen and oxygen atoms in total. The van der Waals surface area contributed by atoms with Crippen molar-refractivity contribution in [3.05, 3.63) is 45.5 Å². The molecule has 0 amide bonds. The van der Waals surface area contributed by atoms with Crippen molar-refractivity contribution in [3.63, 3.8) is 0 Å². The lowest BCUT2D eigenvalue weighted by molar-refractivity contribution is -0.138. The van der Waals surface area contributed by atoms with Crippen molar-refractivity contribution in [3.8, 4) is 0 Å². The third kappa shape index (κ3) is 6.76. The summed E-state index contributed by atoms with van der Waals surface area (Å²) in [5.74, 6) is -5.68. The molecule has 0 bridgehead atoms. The van der Waals surface area contributed by atoms with Gasteiger partial charge in [-0.1, -0.05) is 0 Å². The van der Waals surface area contributed by atoms with Crippen LogP contribution in [0.1, 0.15) is 28.7 Å². The highest BCUT2D eigenvalue weighted by Crippen LogP contribution is 2.38. The van der Waals surface area contributed by atoms with Crippen molar-refractivity contribution in [1.29, 1.82) is 0 Å². The fraction of sp³-hybridized carbons (Fsp3) is 0.464. The summed E-state index contributed by atoms with van der Waals surface area (Å²) in [6.45, 7) is -5.86. The zero-order chi connectivity index (χ0) is 34.9. The number of rotatable bonds is 16. The number of hydrogen-bond donors (Lipinski definition) is 11. The molecule has 0 saturated heterocycles. The lowest BCUT2D eigenvalue weighted by Gasteiger charge is -2.27. The zero-order valence-corrected chi connectivity index (χ0v) is 24.6. The first-order valence-corrected chi connectivity index (χ1v) is 14.1. The second-order valence-corrected chi connectivity index (χ2v) is 11.1. The van der Waals surface area contributed by atoms with E-state index >= 15 is 0 Å². The van der Waals surface area contributed by atoms with E-state index < -0.39 is 100 Å². The van der Waals surface area contributed by atoms with Gasteiger partial charge in [0, 0.05) is 18.2 Å². The molecule has 0 saturated carbocycles. The molecular weight excluding hydrogens is 632 g/mol.